The Morgan fingerprint density at radius 2 is 1.96 bits per heavy atom. The minimum absolute atomic E-state index is 0.0556. The zero-order chi connectivity index (χ0) is 19.1. The molecule has 0 aromatic heterocycles. The second-order valence-electron chi connectivity index (χ2n) is 5.92. The summed E-state index contributed by atoms with van der Waals surface area (Å²) < 4.78 is 44.4. The first kappa shape index (κ1) is 20.4. The van der Waals surface area contributed by atoms with Gasteiger partial charge in [-0.2, -0.15) is 0 Å². The van der Waals surface area contributed by atoms with E-state index in [1.807, 2.05) is 0 Å². The van der Waals surface area contributed by atoms with Gasteiger partial charge in [-0.15, -0.1) is 0 Å². The van der Waals surface area contributed by atoms with Crippen molar-refractivity contribution in [1.82, 2.24) is 10.2 Å². The van der Waals surface area contributed by atoms with Crippen molar-refractivity contribution < 1.29 is 27.6 Å². The maximum Gasteiger partial charge on any atom is 0.404 e. The lowest BCUT2D eigenvalue weighted by atomic mass is 10.2. The van der Waals surface area contributed by atoms with Gasteiger partial charge in [-0.1, -0.05) is 0 Å². The van der Waals surface area contributed by atoms with Crippen molar-refractivity contribution in [3.63, 3.8) is 0 Å². The van der Waals surface area contributed by atoms with Crippen molar-refractivity contribution in [2.75, 3.05) is 62.8 Å². The van der Waals surface area contributed by atoms with Crippen LogP contribution >= 0.6 is 0 Å². The number of amides is 1. The Bertz CT molecular complexity index is 655. The molecule has 0 radical (unpaired) electrons. The lowest BCUT2D eigenvalue weighted by molar-refractivity contribution is 0.190. The summed E-state index contributed by atoms with van der Waals surface area (Å²) >= 11 is 0. The summed E-state index contributed by atoms with van der Waals surface area (Å²) in [5.41, 5.74) is 0.266. The smallest absolute Gasteiger partial charge is 0.404 e. The van der Waals surface area contributed by atoms with E-state index in [4.69, 9.17) is 9.84 Å². The zero-order valence-electron chi connectivity index (χ0n) is 14.5. The minimum Gasteiger partial charge on any atom is -0.489 e. The van der Waals surface area contributed by atoms with E-state index < -0.39 is 28.5 Å². The first-order valence-corrected chi connectivity index (χ1v) is 9.95. The van der Waals surface area contributed by atoms with Gasteiger partial charge in [-0.25, -0.2) is 13.6 Å². The molecule has 1 fully saturated rings. The Morgan fingerprint density at radius 1 is 1.27 bits per heavy atom. The number of hydrogen-bond acceptors (Lipinski definition) is 5. The quantitative estimate of drug-likeness (QED) is 0.691. The second kappa shape index (κ2) is 9.67. The molecule has 1 unspecified atom stereocenters. The van der Waals surface area contributed by atoms with Gasteiger partial charge in [0, 0.05) is 68.5 Å². The molecular weight excluding hydrogens is 368 g/mol. The largest absolute Gasteiger partial charge is 0.489 e. The van der Waals surface area contributed by atoms with E-state index in [0.717, 1.165) is 6.07 Å². The molecule has 10 heteroatoms. The molecule has 0 saturated carbocycles. The van der Waals surface area contributed by atoms with E-state index in [1.54, 1.807) is 4.90 Å². The minimum atomic E-state index is -1.06. The number of benzene rings is 1. The molecule has 1 amide bonds. The Balaban J connectivity index is 1.94. The van der Waals surface area contributed by atoms with Gasteiger partial charge in [-0.3, -0.25) is 9.11 Å². The Labute approximate surface area is 153 Å². The molecule has 1 aliphatic rings. The standard InChI is InChI=1S/C16H23F2N3O4S/c1-26(24)9-8-25-15-11-14(12(17)10-13(15)18)21-6-4-20(5-7-21)3-2-19-16(22)23/h10-11,19H,2-9H2,1H3,(H,22,23). The van der Waals surface area contributed by atoms with E-state index in [9.17, 15) is 17.8 Å². The molecule has 1 atom stereocenters. The fourth-order valence-electron chi connectivity index (χ4n) is 2.67. The maximum atomic E-state index is 14.2. The number of halogens is 2. The van der Waals surface area contributed by atoms with Crippen LogP contribution < -0.4 is 15.0 Å². The molecule has 1 aromatic rings. The summed E-state index contributed by atoms with van der Waals surface area (Å²) in [5.74, 6) is -1.23. The van der Waals surface area contributed by atoms with Crippen molar-refractivity contribution in [3.8, 4) is 5.75 Å². The maximum absolute atomic E-state index is 14.2. The van der Waals surface area contributed by atoms with Crippen LogP contribution in [0, 0.1) is 11.6 Å². The van der Waals surface area contributed by atoms with Crippen molar-refractivity contribution in [3.05, 3.63) is 23.8 Å². The number of rotatable bonds is 8. The molecule has 2 rings (SSSR count). The molecular formula is C16H23F2N3O4S. The summed E-state index contributed by atoms with van der Waals surface area (Å²) in [6, 6.07) is 2.14. The molecule has 1 heterocycles. The molecule has 0 aliphatic carbocycles. The molecule has 0 bridgehead atoms. The summed E-state index contributed by atoms with van der Waals surface area (Å²) in [4.78, 5) is 14.3. The Morgan fingerprint density at radius 3 is 2.58 bits per heavy atom. The Kier molecular flexibility index (Phi) is 7.58. The normalized spacial score (nSPS) is 16.3. The van der Waals surface area contributed by atoms with Gasteiger partial charge in [0.05, 0.1) is 18.0 Å². The van der Waals surface area contributed by atoms with E-state index in [0.29, 0.717) is 39.3 Å². The van der Waals surface area contributed by atoms with Crippen molar-refractivity contribution in [1.29, 1.82) is 0 Å². The molecule has 146 valence electrons. The topological polar surface area (TPSA) is 82.1 Å². The van der Waals surface area contributed by atoms with Crippen LogP contribution in [0.2, 0.25) is 0 Å². The molecule has 1 aromatic carbocycles. The fourth-order valence-corrected chi connectivity index (χ4v) is 2.99. The van der Waals surface area contributed by atoms with Crippen LogP contribution in [0.25, 0.3) is 0 Å². The van der Waals surface area contributed by atoms with Crippen LogP contribution in [0.15, 0.2) is 12.1 Å². The SMILES string of the molecule is CS(=O)CCOc1cc(N2CCN(CCNC(=O)O)CC2)c(F)cc1F. The van der Waals surface area contributed by atoms with Crippen LogP contribution in [0.5, 0.6) is 5.75 Å². The van der Waals surface area contributed by atoms with Gasteiger partial charge in [0.1, 0.15) is 5.82 Å². The lowest BCUT2D eigenvalue weighted by Crippen LogP contribution is -2.48. The second-order valence-corrected chi connectivity index (χ2v) is 7.48. The lowest BCUT2D eigenvalue weighted by Gasteiger charge is -2.36. The zero-order valence-corrected chi connectivity index (χ0v) is 15.4. The first-order valence-electron chi connectivity index (χ1n) is 8.23. The van der Waals surface area contributed by atoms with E-state index >= 15 is 0 Å². The number of piperazine rings is 1. The van der Waals surface area contributed by atoms with Gasteiger partial charge >= 0.3 is 6.09 Å². The van der Waals surface area contributed by atoms with Gasteiger partial charge in [0.2, 0.25) is 0 Å². The third-order valence-corrected chi connectivity index (χ3v) is 4.79. The molecule has 2 N–H and O–H groups in total. The third kappa shape index (κ3) is 6.10. The number of carboxylic acid groups (broad SMARTS) is 1. The van der Waals surface area contributed by atoms with Crippen molar-refractivity contribution >= 4 is 22.6 Å². The monoisotopic (exact) mass is 391 g/mol. The fraction of sp³-hybridized carbons (Fsp3) is 0.562. The number of anilines is 1. The summed E-state index contributed by atoms with van der Waals surface area (Å²) in [7, 11) is -1.05. The Hall–Kier alpha value is -1.94. The average Bonchev–Trinajstić information content (AvgIpc) is 2.57. The van der Waals surface area contributed by atoms with Crippen LogP contribution in [-0.4, -0.2) is 78.2 Å². The van der Waals surface area contributed by atoms with Gasteiger partial charge in [-0.05, 0) is 0 Å². The van der Waals surface area contributed by atoms with Gasteiger partial charge < -0.3 is 20.1 Å². The highest BCUT2D eigenvalue weighted by molar-refractivity contribution is 7.84. The first-order chi connectivity index (χ1) is 12.4. The number of nitrogens with one attached hydrogen (secondary N) is 1. The summed E-state index contributed by atoms with van der Waals surface area (Å²) in [6.07, 6.45) is 0.470. The van der Waals surface area contributed by atoms with Crippen LogP contribution in [0.3, 0.4) is 0 Å². The molecule has 26 heavy (non-hydrogen) atoms. The number of nitrogens with zero attached hydrogens (tertiary/aromatic N) is 2. The highest BCUT2D eigenvalue weighted by Crippen LogP contribution is 2.29. The highest BCUT2D eigenvalue weighted by atomic mass is 32.2. The molecule has 7 nitrogen and oxygen atoms in total. The predicted molar refractivity (Wildman–Crippen MR) is 95.5 cm³/mol. The van der Waals surface area contributed by atoms with Crippen LogP contribution in [-0.2, 0) is 10.8 Å². The number of carbonyl (C=O) groups is 1. The summed E-state index contributed by atoms with van der Waals surface area (Å²) in [6.45, 7) is 3.36. The summed E-state index contributed by atoms with van der Waals surface area (Å²) in [5, 5.41) is 10.9. The number of hydrogen-bond donors (Lipinski definition) is 2. The van der Waals surface area contributed by atoms with Gasteiger partial charge in [0.15, 0.2) is 11.6 Å². The van der Waals surface area contributed by atoms with E-state index in [2.05, 4.69) is 10.2 Å². The van der Waals surface area contributed by atoms with Crippen molar-refractivity contribution in [2.24, 2.45) is 0 Å². The van der Waals surface area contributed by atoms with Crippen LogP contribution in [0.4, 0.5) is 19.3 Å². The molecule has 1 aliphatic heterocycles. The molecule has 1 saturated heterocycles. The average molecular weight is 391 g/mol. The third-order valence-electron chi connectivity index (χ3n) is 4.05. The van der Waals surface area contributed by atoms with Crippen LogP contribution in [0.1, 0.15) is 0 Å². The predicted octanol–water partition coefficient (Wildman–Crippen LogP) is 1.11. The van der Waals surface area contributed by atoms with E-state index in [-0.39, 0.29) is 23.8 Å². The van der Waals surface area contributed by atoms with Gasteiger partial charge in [0.25, 0.3) is 0 Å². The molecule has 0 spiro atoms. The highest BCUT2D eigenvalue weighted by Gasteiger charge is 2.21. The van der Waals surface area contributed by atoms with Crippen molar-refractivity contribution in [2.45, 2.75) is 0 Å². The van der Waals surface area contributed by atoms with E-state index in [1.165, 1.54) is 12.3 Å². The number of ether oxygens (including phenoxy) is 1.